The summed E-state index contributed by atoms with van der Waals surface area (Å²) in [7, 11) is 0. The van der Waals surface area contributed by atoms with Gasteiger partial charge in [0.1, 0.15) is 18.1 Å². The first-order valence-corrected chi connectivity index (χ1v) is 10.0. The number of hydrogen-bond acceptors (Lipinski definition) is 0. The molecule has 0 aliphatic carbocycles. The van der Waals surface area contributed by atoms with Crippen molar-refractivity contribution in [3.63, 3.8) is 0 Å². The molecule has 1 aromatic heterocycles. The van der Waals surface area contributed by atoms with Gasteiger partial charge in [-0.05, 0) is 52.7 Å². The lowest BCUT2D eigenvalue weighted by Crippen LogP contribution is -2.55. The van der Waals surface area contributed by atoms with Crippen molar-refractivity contribution in [2.24, 2.45) is 0 Å². The Labute approximate surface area is 163 Å². The molecule has 1 aliphatic rings. The predicted octanol–water partition coefficient (Wildman–Crippen LogP) is 3.63. The second-order valence-corrected chi connectivity index (χ2v) is 8.69. The summed E-state index contributed by atoms with van der Waals surface area (Å²) in [5, 5.41) is 0. The van der Waals surface area contributed by atoms with Gasteiger partial charge < -0.3 is 0 Å². The zero-order valence-corrected chi connectivity index (χ0v) is 17.7. The van der Waals surface area contributed by atoms with Crippen molar-refractivity contribution >= 4 is 17.9 Å². The molecule has 1 radical (unpaired) electrons. The van der Waals surface area contributed by atoms with Crippen molar-refractivity contribution in [1.29, 1.82) is 0 Å². The molecule has 0 spiro atoms. The SMILES string of the molecule is Cc1cc(C)c([B-]2c3n(-c4c(C)cc(C)cc4C)cc[n+]3C[C@H]2C)c(C)c1. The van der Waals surface area contributed by atoms with Gasteiger partial charge >= 0.3 is 0 Å². The van der Waals surface area contributed by atoms with Gasteiger partial charge in [0.05, 0.1) is 6.54 Å². The smallest absolute Gasteiger partial charge is 0.134 e. The quantitative estimate of drug-likeness (QED) is 0.489. The van der Waals surface area contributed by atoms with Gasteiger partial charge in [0.25, 0.3) is 0 Å². The van der Waals surface area contributed by atoms with Crippen LogP contribution in [0.15, 0.2) is 36.7 Å². The van der Waals surface area contributed by atoms with Gasteiger partial charge in [-0.15, -0.1) is 5.82 Å². The van der Waals surface area contributed by atoms with Crippen molar-refractivity contribution < 1.29 is 4.57 Å². The molecule has 1 aliphatic heterocycles. The summed E-state index contributed by atoms with van der Waals surface area (Å²) in [6.45, 7) is 17.3. The van der Waals surface area contributed by atoms with E-state index in [0.29, 0.717) is 12.5 Å². The minimum absolute atomic E-state index is 0.431. The molecule has 0 unspecified atom stereocenters. The molecule has 0 fully saturated rings. The maximum Gasteiger partial charge on any atom is 0.134 e. The fraction of sp³-hybridized carbons (Fsp3) is 0.375. The lowest BCUT2D eigenvalue weighted by molar-refractivity contribution is -0.672. The van der Waals surface area contributed by atoms with E-state index in [4.69, 9.17) is 0 Å². The fourth-order valence-electron chi connectivity index (χ4n) is 5.43. The summed E-state index contributed by atoms with van der Waals surface area (Å²) in [5.74, 6) is 0.596. The minimum Gasteiger partial charge on any atom is -0.276 e. The Morgan fingerprint density at radius 2 is 1.37 bits per heavy atom. The zero-order valence-electron chi connectivity index (χ0n) is 17.7. The van der Waals surface area contributed by atoms with Crippen LogP contribution in [0.5, 0.6) is 0 Å². The maximum atomic E-state index is 2.47. The van der Waals surface area contributed by atoms with Crippen molar-refractivity contribution in [1.82, 2.24) is 4.57 Å². The Kier molecular flexibility index (Phi) is 4.29. The predicted molar refractivity (Wildman–Crippen MR) is 115 cm³/mol. The summed E-state index contributed by atoms with van der Waals surface area (Å²) in [6, 6.07) is 9.28. The lowest BCUT2D eigenvalue weighted by Gasteiger charge is -2.29. The molecule has 0 bridgehead atoms. The van der Waals surface area contributed by atoms with E-state index in [-0.39, 0.29) is 0 Å². The minimum atomic E-state index is 0.431. The largest absolute Gasteiger partial charge is 0.276 e. The van der Waals surface area contributed by atoms with Crippen LogP contribution in [0.4, 0.5) is 0 Å². The number of nitrogens with zero attached hydrogens (tertiary/aromatic N) is 2. The molecule has 0 saturated heterocycles. The summed E-state index contributed by atoms with van der Waals surface area (Å²) in [4.78, 5) is 0. The topological polar surface area (TPSA) is 8.81 Å². The fourth-order valence-corrected chi connectivity index (χ4v) is 5.43. The molecule has 4 rings (SSSR count). The molecular formula is C24H30BN2. The van der Waals surface area contributed by atoms with Gasteiger partial charge in [0.15, 0.2) is 0 Å². The molecule has 0 saturated carbocycles. The van der Waals surface area contributed by atoms with Crippen molar-refractivity contribution in [2.75, 3.05) is 0 Å². The van der Waals surface area contributed by atoms with Crippen LogP contribution in [0.3, 0.4) is 0 Å². The average molecular weight is 357 g/mol. The number of benzene rings is 2. The summed E-state index contributed by atoms with van der Waals surface area (Å²) >= 11 is 0. The average Bonchev–Trinajstić information content (AvgIpc) is 3.06. The third kappa shape index (κ3) is 2.84. The molecule has 2 aromatic carbocycles. The molecule has 2 heterocycles. The number of fused-ring (bicyclic) bond motifs is 1. The Hall–Kier alpha value is -2.29. The van der Waals surface area contributed by atoms with Crippen LogP contribution in [0.25, 0.3) is 5.69 Å². The van der Waals surface area contributed by atoms with Crippen molar-refractivity contribution in [2.45, 2.75) is 60.8 Å². The van der Waals surface area contributed by atoms with Gasteiger partial charge in [-0.1, -0.05) is 53.4 Å². The highest BCUT2D eigenvalue weighted by atomic mass is 15.2. The first-order valence-electron chi connectivity index (χ1n) is 10.0. The number of aryl methyl sites for hydroxylation is 6. The maximum absolute atomic E-state index is 2.47. The molecule has 139 valence electrons. The molecule has 1 atom stereocenters. The second kappa shape index (κ2) is 6.40. The molecule has 3 aromatic rings. The van der Waals surface area contributed by atoms with E-state index in [1.807, 2.05) is 0 Å². The lowest BCUT2D eigenvalue weighted by atomic mass is 9.37. The number of rotatable bonds is 2. The Balaban J connectivity index is 1.95. The van der Waals surface area contributed by atoms with E-state index < -0.39 is 0 Å². The Bertz CT molecular complexity index is 999. The van der Waals surface area contributed by atoms with E-state index in [1.165, 1.54) is 50.3 Å². The van der Waals surface area contributed by atoms with Crippen LogP contribution in [0.2, 0.25) is 5.82 Å². The third-order valence-corrected chi connectivity index (χ3v) is 6.19. The Morgan fingerprint density at radius 3 is 1.93 bits per heavy atom. The molecule has 27 heavy (non-hydrogen) atoms. The van der Waals surface area contributed by atoms with Crippen LogP contribution in [-0.2, 0) is 6.54 Å². The van der Waals surface area contributed by atoms with E-state index in [1.54, 1.807) is 0 Å². The van der Waals surface area contributed by atoms with E-state index in [0.717, 1.165) is 6.54 Å². The zero-order chi connectivity index (χ0) is 19.5. The van der Waals surface area contributed by atoms with Gasteiger partial charge in [0.2, 0.25) is 0 Å². The Morgan fingerprint density at radius 1 is 0.852 bits per heavy atom. The number of imidazole rings is 1. The second-order valence-electron chi connectivity index (χ2n) is 8.69. The van der Waals surface area contributed by atoms with Gasteiger partial charge in [0, 0.05) is 12.4 Å². The highest BCUT2D eigenvalue weighted by Crippen LogP contribution is 2.24. The van der Waals surface area contributed by atoms with E-state index in [2.05, 4.69) is 94.3 Å². The summed E-state index contributed by atoms with van der Waals surface area (Å²) in [6.07, 6.45) is 4.53. The summed E-state index contributed by atoms with van der Waals surface area (Å²) < 4.78 is 4.92. The van der Waals surface area contributed by atoms with Crippen LogP contribution < -0.4 is 15.8 Å². The number of hydrogen-bond donors (Lipinski definition) is 0. The highest BCUT2D eigenvalue weighted by molar-refractivity contribution is 6.85. The molecule has 0 amide bonds. The normalized spacial score (nSPS) is 16.8. The first kappa shape index (κ1) is 18.1. The first-order chi connectivity index (χ1) is 12.8. The van der Waals surface area contributed by atoms with Gasteiger partial charge in [-0.25, -0.2) is 10.0 Å². The van der Waals surface area contributed by atoms with Crippen molar-refractivity contribution in [3.8, 4) is 5.69 Å². The highest BCUT2D eigenvalue weighted by Gasteiger charge is 2.33. The summed E-state index contributed by atoms with van der Waals surface area (Å²) in [5.41, 5.74) is 12.5. The monoisotopic (exact) mass is 357 g/mol. The van der Waals surface area contributed by atoms with Crippen LogP contribution >= 0.6 is 0 Å². The van der Waals surface area contributed by atoms with E-state index in [9.17, 15) is 0 Å². The van der Waals surface area contributed by atoms with Gasteiger partial charge in [-0.2, -0.15) is 0 Å². The standard InChI is InChI=1S/C24H30BN2/c1-15-10-17(3)22(18(4)11-15)25-21(7)14-26-8-9-27(24(25)26)23-19(5)12-16(2)13-20(23)6/h8-13,21H,14H2,1-7H3/t21-/m1/s1. The molecule has 3 heteroatoms. The molecular weight excluding hydrogens is 327 g/mol. The number of aromatic nitrogens is 2. The van der Waals surface area contributed by atoms with Crippen LogP contribution in [-0.4, -0.2) is 11.3 Å². The van der Waals surface area contributed by atoms with Crippen LogP contribution in [0.1, 0.15) is 40.3 Å². The van der Waals surface area contributed by atoms with Crippen molar-refractivity contribution in [3.05, 3.63) is 70.0 Å². The third-order valence-electron chi connectivity index (χ3n) is 6.19. The van der Waals surface area contributed by atoms with Gasteiger partial charge in [-0.3, -0.25) is 4.57 Å². The molecule has 0 N–H and O–H groups in total. The van der Waals surface area contributed by atoms with E-state index >= 15 is 0 Å². The van der Waals surface area contributed by atoms with Crippen LogP contribution in [0, 0.1) is 41.5 Å². The molecule has 2 nitrogen and oxygen atoms in total.